The molecule has 1 aliphatic heterocycles. The molecular formula is C28H33N3O3. The van der Waals surface area contributed by atoms with E-state index in [1.807, 2.05) is 77.7 Å². The van der Waals surface area contributed by atoms with Crippen molar-refractivity contribution in [3.05, 3.63) is 83.9 Å². The molecule has 1 heterocycles. The number of nitrogens with one attached hydrogen (secondary N) is 1. The quantitative estimate of drug-likeness (QED) is 0.564. The summed E-state index contributed by atoms with van der Waals surface area (Å²) < 4.78 is 5.99. The van der Waals surface area contributed by atoms with Gasteiger partial charge in [-0.3, -0.25) is 4.79 Å². The van der Waals surface area contributed by atoms with E-state index in [1.54, 1.807) is 4.90 Å². The van der Waals surface area contributed by atoms with Crippen molar-refractivity contribution >= 4 is 22.7 Å². The fourth-order valence-corrected chi connectivity index (χ4v) is 4.41. The molecule has 0 aromatic heterocycles. The SMILES string of the molecule is CC(C)CN(C[C@H]1CN(C(=O)NCc2ccccc2)CCO1)C(=O)c1cccc2ccccc12. The number of morpholine rings is 1. The number of urea groups is 1. The normalized spacial score (nSPS) is 16.0. The van der Waals surface area contributed by atoms with Gasteiger partial charge in [0.15, 0.2) is 0 Å². The fraction of sp³-hybridized carbons (Fsp3) is 0.357. The highest BCUT2D eigenvalue weighted by Crippen LogP contribution is 2.21. The first-order valence-corrected chi connectivity index (χ1v) is 12.0. The summed E-state index contributed by atoms with van der Waals surface area (Å²) in [6.07, 6.45) is -0.228. The Kier molecular flexibility index (Phi) is 7.80. The van der Waals surface area contributed by atoms with Gasteiger partial charge >= 0.3 is 6.03 Å². The van der Waals surface area contributed by atoms with E-state index in [1.165, 1.54) is 0 Å². The molecule has 4 rings (SSSR count). The van der Waals surface area contributed by atoms with Gasteiger partial charge in [-0.2, -0.15) is 0 Å². The van der Waals surface area contributed by atoms with Crippen LogP contribution in [0.4, 0.5) is 4.79 Å². The first-order chi connectivity index (χ1) is 16.5. The number of rotatable bonds is 7. The van der Waals surface area contributed by atoms with E-state index < -0.39 is 0 Å². The third kappa shape index (κ3) is 5.94. The van der Waals surface area contributed by atoms with Crippen LogP contribution >= 0.6 is 0 Å². The van der Waals surface area contributed by atoms with Crippen molar-refractivity contribution in [2.45, 2.75) is 26.5 Å². The lowest BCUT2D eigenvalue weighted by molar-refractivity contribution is -0.0287. The summed E-state index contributed by atoms with van der Waals surface area (Å²) in [5.74, 6) is 0.313. The van der Waals surface area contributed by atoms with Gasteiger partial charge in [0.25, 0.3) is 5.91 Å². The van der Waals surface area contributed by atoms with Crippen LogP contribution in [0, 0.1) is 5.92 Å². The van der Waals surface area contributed by atoms with E-state index >= 15 is 0 Å². The third-order valence-electron chi connectivity index (χ3n) is 6.03. The molecule has 34 heavy (non-hydrogen) atoms. The molecule has 1 saturated heterocycles. The largest absolute Gasteiger partial charge is 0.373 e. The van der Waals surface area contributed by atoms with E-state index in [9.17, 15) is 9.59 Å². The van der Waals surface area contributed by atoms with Gasteiger partial charge in [-0.15, -0.1) is 0 Å². The first kappa shape index (κ1) is 23.8. The van der Waals surface area contributed by atoms with Gasteiger partial charge < -0.3 is 19.9 Å². The number of ether oxygens (including phenoxy) is 1. The molecule has 1 fully saturated rings. The number of hydrogen-bond donors (Lipinski definition) is 1. The molecule has 0 spiro atoms. The molecule has 1 atom stereocenters. The number of benzene rings is 3. The average molecular weight is 460 g/mol. The van der Waals surface area contributed by atoms with Crippen LogP contribution in [-0.4, -0.2) is 60.6 Å². The van der Waals surface area contributed by atoms with Gasteiger partial charge in [0.1, 0.15) is 0 Å². The predicted molar refractivity (Wildman–Crippen MR) is 135 cm³/mol. The molecule has 1 N–H and O–H groups in total. The Balaban J connectivity index is 1.43. The molecule has 0 aliphatic carbocycles. The lowest BCUT2D eigenvalue weighted by Gasteiger charge is -2.36. The van der Waals surface area contributed by atoms with Crippen LogP contribution in [0.15, 0.2) is 72.8 Å². The number of nitrogens with zero attached hydrogens (tertiary/aromatic N) is 2. The second-order valence-corrected chi connectivity index (χ2v) is 9.21. The van der Waals surface area contributed by atoms with Crippen molar-refractivity contribution in [2.24, 2.45) is 5.92 Å². The second kappa shape index (κ2) is 11.2. The van der Waals surface area contributed by atoms with Gasteiger partial charge in [-0.05, 0) is 28.3 Å². The molecule has 6 heteroatoms. The second-order valence-electron chi connectivity index (χ2n) is 9.21. The minimum atomic E-state index is -0.228. The summed E-state index contributed by atoms with van der Waals surface area (Å²) >= 11 is 0. The highest BCUT2D eigenvalue weighted by molar-refractivity contribution is 6.07. The highest BCUT2D eigenvalue weighted by Gasteiger charge is 2.28. The summed E-state index contributed by atoms with van der Waals surface area (Å²) in [5.41, 5.74) is 1.76. The third-order valence-corrected chi connectivity index (χ3v) is 6.03. The Bertz CT molecular complexity index is 1110. The molecule has 6 nitrogen and oxygen atoms in total. The topological polar surface area (TPSA) is 61.9 Å². The summed E-state index contributed by atoms with van der Waals surface area (Å²) in [4.78, 5) is 30.0. The standard InChI is InChI=1S/C28H33N3O3/c1-21(2)18-31(27(32)26-14-8-12-23-11-6-7-13-25(23)26)20-24-19-30(15-16-34-24)28(33)29-17-22-9-4-3-5-10-22/h3-14,21,24H,15-20H2,1-2H3,(H,29,33)/t24-/m1/s1. The summed E-state index contributed by atoms with van der Waals surface area (Å²) in [7, 11) is 0. The Morgan fingerprint density at radius 3 is 2.56 bits per heavy atom. The van der Waals surface area contributed by atoms with Crippen LogP contribution in [0.1, 0.15) is 29.8 Å². The van der Waals surface area contributed by atoms with Crippen molar-refractivity contribution in [3.8, 4) is 0 Å². The maximum absolute atomic E-state index is 13.6. The minimum absolute atomic E-state index is 0.000229. The maximum Gasteiger partial charge on any atom is 0.317 e. The Morgan fingerprint density at radius 2 is 1.76 bits per heavy atom. The smallest absolute Gasteiger partial charge is 0.317 e. The summed E-state index contributed by atoms with van der Waals surface area (Å²) in [6, 6.07) is 23.6. The molecule has 1 aliphatic rings. The molecule has 3 amide bonds. The van der Waals surface area contributed by atoms with E-state index in [2.05, 4.69) is 19.2 Å². The van der Waals surface area contributed by atoms with Crippen LogP contribution in [-0.2, 0) is 11.3 Å². The molecule has 0 radical (unpaired) electrons. The van der Waals surface area contributed by atoms with Crippen LogP contribution < -0.4 is 5.32 Å². The summed E-state index contributed by atoms with van der Waals surface area (Å²) in [5, 5.41) is 5.00. The Labute approximate surface area is 201 Å². The van der Waals surface area contributed by atoms with Crippen LogP contribution in [0.3, 0.4) is 0 Å². The van der Waals surface area contributed by atoms with Crippen LogP contribution in [0.5, 0.6) is 0 Å². The van der Waals surface area contributed by atoms with E-state index in [0.717, 1.165) is 16.3 Å². The Morgan fingerprint density at radius 1 is 1.03 bits per heavy atom. The van der Waals surface area contributed by atoms with Gasteiger partial charge in [-0.1, -0.05) is 80.6 Å². The molecule has 3 aromatic rings. The zero-order valence-electron chi connectivity index (χ0n) is 19.9. The Hall–Kier alpha value is -3.38. The number of carbonyl (C=O) groups excluding carboxylic acids is 2. The van der Waals surface area contributed by atoms with Crippen molar-refractivity contribution < 1.29 is 14.3 Å². The minimum Gasteiger partial charge on any atom is -0.373 e. The molecular weight excluding hydrogens is 426 g/mol. The van der Waals surface area contributed by atoms with Crippen LogP contribution in [0.25, 0.3) is 10.8 Å². The fourth-order valence-electron chi connectivity index (χ4n) is 4.41. The summed E-state index contributed by atoms with van der Waals surface area (Å²) in [6.45, 7) is 7.23. The number of fused-ring (bicyclic) bond motifs is 1. The van der Waals surface area contributed by atoms with Crippen molar-refractivity contribution in [1.29, 1.82) is 0 Å². The zero-order chi connectivity index (χ0) is 23.9. The van der Waals surface area contributed by atoms with Crippen molar-refractivity contribution in [3.63, 3.8) is 0 Å². The molecule has 3 aromatic carbocycles. The van der Waals surface area contributed by atoms with E-state index in [4.69, 9.17) is 4.74 Å². The van der Waals surface area contributed by atoms with E-state index in [-0.39, 0.29) is 18.0 Å². The van der Waals surface area contributed by atoms with Gasteiger partial charge in [0.05, 0.1) is 19.3 Å². The lowest BCUT2D eigenvalue weighted by atomic mass is 10.0. The van der Waals surface area contributed by atoms with Crippen molar-refractivity contribution in [1.82, 2.24) is 15.1 Å². The van der Waals surface area contributed by atoms with Gasteiger partial charge in [0, 0.05) is 31.7 Å². The number of carbonyl (C=O) groups is 2. The molecule has 0 saturated carbocycles. The van der Waals surface area contributed by atoms with Gasteiger partial charge in [0.2, 0.25) is 0 Å². The molecule has 0 bridgehead atoms. The maximum atomic E-state index is 13.6. The molecule has 178 valence electrons. The van der Waals surface area contributed by atoms with Crippen LogP contribution in [0.2, 0.25) is 0 Å². The predicted octanol–water partition coefficient (Wildman–Crippen LogP) is 4.55. The van der Waals surface area contributed by atoms with E-state index in [0.29, 0.717) is 50.8 Å². The highest BCUT2D eigenvalue weighted by atomic mass is 16.5. The average Bonchev–Trinajstić information content (AvgIpc) is 2.86. The number of hydrogen-bond acceptors (Lipinski definition) is 3. The van der Waals surface area contributed by atoms with Gasteiger partial charge in [-0.25, -0.2) is 4.79 Å². The lowest BCUT2D eigenvalue weighted by Crippen LogP contribution is -2.53. The number of amides is 3. The van der Waals surface area contributed by atoms with Crippen molar-refractivity contribution in [2.75, 3.05) is 32.8 Å². The monoisotopic (exact) mass is 459 g/mol. The zero-order valence-corrected chi connectivity index (χ0v) is 19.9. The first-order valence-electron chi connectivity index (χ1n) is 12.0. The molecule has 0 unspecified atom stereocenters.